The minimum Gasteiger partial charge on any atom is -0.455 e. The molecular weight excluding hydrogens is 1770 g/mol. The van der Waals surface area contributed by atoms with E-state index in [-0.39, 0.29) is 0 Å². The predicted molar refractivity (Wildman–Crippen MR) is 587 cm³/mol. The Kier molecular flexibility index (Phi) is 23.4. The summed E-state index contributed by atoms with van der Waals surface area (Å²) in [6.45, 7) is 11.7. The van der Waals surface area contributed by atoms with E-state index in [4.69, 9.17) is 24.4 Å². The molecule has 0 bridgehead atoms. The van der Waals surface area contributed by atoms with E-state index >= 15 is 0 Å². The summed E-state index contributed by atoms with van der Waals surface area (Å²) in [6, 6.07) is 143. The molecule has 0 saturated heterocycles. The summed E-state index contributed by atoms with van der Waals surface area (Å²) in [5, 5.41) is 19.1. The zero-order valence-corrected chi connectivity index (χ0v) is 79.7. The second-order valence-electron chi connectivity index (χ2n) is 34.5. The van der Waals surface area contributed by atoms with Crippen molar-refractivity contribution in [3.8, 4) is 78.7 Å². The molecule has 0 atom stereocenters. The largest absolute Gasteiger partial charge is 0.455 e. The second kappa shape index (κ2) is 37.8. The molecule has 0 saturated carbocycles. The quantitative estimate of drug-likeness (QED) is 0.148. The van der Waals surface area contributed by atoms with Crippen molar-refractivity contribution in [2.75, 3.05) is 0 Å². The van der Waals surface area contributed by atoms with Gasteiger partial charge in [-0.1, -0.05) is 322 Å². The van der Waals surface area contributed by atoms with Gasteiger partial charge >= 0.3 is 0 Å². The Hall–Kier alpha value is -17.3. The molecule has 28 rings (SSSR count). The number of para-hydroxylation sites is 8. The third-order valence-corrected chi connectivity index (χ3v) is 28.7. The van der Waals surface area contributed by atoms with Gasteiger partial charge in [-0.05, 0) is 154 Å². The first-order valence-electron chi connectivity index (χ1n) is 46.5. The van der Waals surface area contributed by atoms with E-state index in [9.17, 15) is 0 Å². The van der Waals surface area contributed by atoms with Crippen LogP contribution in [0.25, 0.3) is 237 Å². The van der Waals surface area contributed by atoms with E-state index in [1.807, 2.05) is 197 Å². The van der Waals surface area contributed by atoms with Crippen LogP contribution < -0.4 is 0 Å². The van der Waals surface area contributed by atoms with Crippen LogP contribution in [-0.2, 0) is 0 Å². The summed E-state index contributed by atoms with van der Waals surface area (Å²) < 4.78 is 14.0. The molecule has 0 spiro atoms. The van der Waals surface area contributed by atoms with Gasteiger partial charge in [0.25, 0.3) is 0 Å². The average Bonchev–Trinajstić information content (AvgIpc) is 1.60. The molecule has 0 radical (unpaired) electrons. The van der Waals surface area contributed by atoms with Crippen molar-refractivity contribution in [2.24, 2.45) is 0 Å². The van der Waals surface area contributed by atoms with Gasteiger partial charge in [0.2, 0.25) is 0 Å². The summed E-state index contributed by atoms with van der Waals surface area (Å²) in [6.07, 6.45) is 0. The van der Waals surface area contributed by atoms with Crippen molar-refractivity contribution in [3.05, 3.63) is 447 Å². The smallest absolute Gasteiger partial charge is 0.144 e. The van der Waals surface area contributed by atoms with Gasteiger partial charge in [-0.25, -0.2) is 59.8 Å². The Morgan fingerprint density at radius 1 is 0.171 bits per heavy atom. The SMILES string of the molecule is Cc1nc(-c2ccc(-c3ccccc3)cc2)c2ccccc2n1.Cc1nc(-c2ccc3c(c2)sc2ccccc23)c2ccccc2n1.Cc1nc(-c2ccc3ccccc3c2)c2ccccc2n1.Cc1nc(-c2ccc3sc4ccccc4c3c2)c2ccccc2n1.Cc1nc(-c2cccc3c2oc2ccccc23)c2ccccc2n1.Cc1nc(-c2cccc3c2sc2ccccc23)c2ccccc2n1. The van der Waals surface area contributed by atoms with Gasteiger partial charge in [-0.3, -0.25) is 0 Å². The molecule has 10 aromatic heterocycles. The highest BCUT2D eigenvalue weighted by Crippen LogP contribution is 2.45. The van der Waals surface area contributed by atoms with Gasteiger partial charge in [0.1, 0.15) is 46.1 Å². The first kappa shape index (κ1) is 86.8. The van der Waals surface area contributed by atoms with E-state index in [0.29, 0.717) is 0 Å². The molecule has 0 aliphatic heterocycles. The van der Waals surface area contributed by atoms with Gasteiger partial charge in [-0.15, -0.1) is 34.0 Å². The van der Waals surface area contributed by atoms with Crippen LogP contribution in [-0.4, -0.2) is 59.8 Å². The zero-order chi connectivity index (χ0) is 94.3. The number of furan rings is 1. The Bertz CT molecular complexity index is 9440. The number of benzene rings is 18. The van der Waals surface area contributed by atoms with Gasteiger partial charge < -0.3 is 4.42 Å². The third-order valence-electron chi connectivity index (χ3n) is 25.2. The molecule has 28 aromatic rings. The standard InChI is InChI=1S/C21H14N2O.3C21H14N2S.C21H16N2.C19H14N2/c2*1-13-22-18-11-4-2-8-16(18)20(23-13)17-10-6-9-15-14-7-3-5-12-19(14)24-21(15)17;1-13-22-18-8-4-2-7-17(18)21(23-13)14-10-11-16-15-6-3-5-9-19(15)24-20(16)12-14;1-13-22-18-8-4-2-7-16(18)21(23-13)14-10-11-20-17(12-14)15-6-3-5-9-19(15)24-20;1-15-22-20-10-6-5-9-19(20)21(23-15)18-13-11-17(12-14-18)16-7-3-2-4-8-16;1-13-20-18-9-5-4-8-17(18)19(21-13)16-11-10-14-6-2-3-7-15(14)12-16/h4*2-12H,1H3;2-14H,1H3;2-12H,1H3. The van der Waals surface area contributed by atoms with Gasteiger partial charge in [-0.2, -0.15) is 0 Å². The monoisotopic (exact) mass is 1850 g/mol. The lowest BCUT2D eigenvalue weighted by Crippen LogP contribution is -1.94. The van der Waals surface area contributed by atoms with E-state index in [1.165, 1.54) is 88.0 Å². The summed E-state index contributed by atoms with van der Waals surface area (Å²) in [4.78, 5) is 55.6. The molecule has 10 heterocycles. The number of fused-ring (bicyclic) bond motifs is 19. The highest BCUT2D eigenvalue weighted by atomic mass is 32.1. The molecule has 140 heavy (non-hydrogen) atoms. The van der Waals surface area contributed by atoms with E-state index in [0.717, 1.165) is 184 Å². The number of rotatable bonds is 7. The fourth-order valence-electron chi connectivity index (χ4n) is 18.8. The number of thiophene rings is 3. The number of aromatic nitrogens is 12. The number of nitrogens with zero attached hydrogens (tertiary/aromatic N) is 12. The molecule has 0 aliphatic carbocycles. The van der Waals surface area contributed by atoms with Crippen molar-refractivity contribution in [3.63, 3.8) is 0 Å². The number of aryl methyl sites for hydroxylation is 6. The maximum atomic E-state index is 6.17. The highest BCUT2D eigenvalue weighted by molar-refractivity contribution is 7.27. The lowest BCUT2D eigenvalue weighted by Gasteiger charge is -2.08. The van der Waals surface area contributed by atoms with Crippen LogP contribution in [0, 0.1) is 41.5 Å². The lowest BCUT2D eigenvalue weighted by molar-refractivity contribution is 0.670. The van der Waals surface area contributed by atoms with Crippen LogP contribution in [0.5, 0.6) is 0 Å². The molecular formula is C124H86N12OS3. The fraction of sp³-hybridized carbons (Fsp3) is 0.0484. The Balaban J connectivity index is 0.0000000938. The summed E-state index contributed by atoms with van der Waals surface area (Å²) in [5.41, 5.74) is 22.8. The molecule has 18 aromatic carbocycles. The van der Waals surface area contributed by atoms with E-state index in [2.05, 4.69) is 331 Å². The summed E-state index contributed by atoms with van der Waals surface area (Å²) in [5.74, 6) is 4.78. The zero-order valence-electron chi connectivity index (χ0n) is 77.3. The molecule has 0 aliphatic rings. The Morgan fingerprint density at radius 3 is 1.00 bits per heavy atom. The number of hydrogen-bond donors (Lipinski definition) is 0. The molecule has 0 amide bonds. The average molecular weight is 1860 g/mol. The van der Waals surface area contributed by atoms with Crippen molar-refractivity contribution in [1.82, 2.24) is 59.8 Å². The maximum Gasteiger partial charge on any atom is 0.144 e. The molecule has 13 nitrogen and oxygen atoms in total. The highest BCUT2D eigenvalue weighted by Gasteiger charge is 2.21. The normalized spacial score (nSPS) is 11.4. The van der Waals surface area contributed by atoms with Crippen LogP contribution in [0.15, 0.2) is 417 Å². The fourth-order valence-corrected chi connectivity index (χ4v) is 22.3. The topological polar surface area (TPSA) is 168 Å². The van der Waals surface area contributed by atoms with Crippen molar-refractivity contribution >= 4 is 193 Å². The molecule has 666 valence electrons. The third kappa shape index (κ3) is 17.2. The second-order valence-corrected chi connectivity index (χ2v) is 37.7. The van der Waals surface area contributed by atoms with E-state index < -0.39 is 0 Å². The summed E-state index contributed by atoms with van der Waals surface area (Å²) >= 11 is 5.51. The predicted octanol–water partition coefficient (Wildman–Crippen LogP) is 33.5. The minimum absolute atomic E-state index is 0.761. The Morgan fingerprint density at radius 2 is 0.486 bits per heavy atom. The van der Waals surface area contributed by atoms with Gasteiger partial charge in [0.05, 0.1) is 67.3 Å². The van der Waals surface area contributed by atoms with Crippen LogP contribution in [0.3, 0.4) is 0 Å². The summed E-state index contributed by atoms with van der Waals surface area (Å²) in [7, 11) is 0. The van der Waals surface area contributed by atoms with E-state index in [1.54, 1.807) is 0 Å². The van der Waals surface area contributed by atoms with Crippen LogP contribution in [0.2, 0.25) is 0 Å². The van der Waals surface area contributed by atoms with Crippen LogP contribution >= 0.6 is 34.0 Å². The number of hydrogen-bond acceptors (Lipinski definition) is 16. The Labute approximate surface area is 818 Å². The lowest BCUT2D eigenvalue weighted by atomic mass is 10.0. The van der Waals surface area contributed by atoms with Crippen LogP contribution in [0.4, 0.5) is 0 Å². The first-order valence-corrected chi connectivity index (χ1v) is 49.0. The van der Waals surface area contributed by atoms with Crippen LogP contribution in [0.1, 0.15) is 34.9 Å². The molecule has 0 N–H and O–H groups in total. The van der Waals surface area contributed by atoms with Crippen molar-refractivity contribution < 1.29 is 4.42 Å². The molecule has 16 heteroatoms. The van der Waals surface area contributed by atoms with Gasteiger partial charge in [0, 0.05) is 137 Å². The maximum absolute atomic E-state index is 6.17. The van der Waals surface area contributed by atoms with Crippen molar-refractivity contribution in [2.45, 2.75) is 41.5 Å². The molecule has 0 fully saturated rings. The van der Waals surface area contributed by atoms with Gasteiger partial charge in [0.15, 0.2) is 0 Å². The minimum atomic E-state index is 0.761. The molecule has 0 unspecified atom stereocenters. The first-order chi connectivity index (χ1) is 68.8. The van der Waals surface area contributed by atoms with Crippen molar-refractivity contribution in [1.29, 1.82) is 0 Å².